The lowest BCUT2D eigenvalue weighted by atomic mass is 10.2. The number of carbonyl (C=O) groups excluding carboxylic acids is 1. The van der Waals surface area contributed by atoms with Crippen LogP contribution in [-0.4, -0.2) is 40.7 Å². The van der Waals surface area contributed by atoms with Gasteiger partial charge in [0.2, 0.25) is 0 Å². The first-order valence-electron chi connectivity index (χ1n) is 7.16. The highest BCUT2D eigenvalue weighted by Crippen LogP contribution is 2.15. The van der Waals surface area contributed by atoms with E-state index in [0.29, 0.717) is 19.1 Å². The van der Waals surface area contributed by atoms with Crippen LogP contribution in [0.1, 0.15) is 32.9 Å². The van der Waals surface area contributed by atoms with E-state index in [2.05, 4.69) is 26.2 Å². The van der Waals surface area contributed by atoms with Gasteiger partial charge in [-0.1, -0.05) is 6.07 Å². The van der Waals surface area contributed by atoms with Crippen molar-refractivity contribution in [3.8, 4) is 0 Å². The van der Waals surface area contributed by atoms with Crippen LogP contribution in [-0.2, 0) is 11.3 Å². The summed E-state index contributed by atoms with van der Waals surface area (Å²) >= 11 is 3.36. The second kappa shape index (κ2) is 6.75. The van der Waals surface area contributed by atoms with Gasteiger partial charge >= 0.3 is 6.09 Å². The lowest BCUT2D eigenvalue weighted by molar-refractivity contribution is 0.0291. The molecule has 1 amide bonds. The third-order valence-corrected chi connectivity index (χ3v) is 3.63. The standard InChI is InChI=1S/C15H22BrN3O2/c1-15(2,3)21-14(20)19-8-7-12(10-19)17-9-11-5-4-6-13(16)18-11/h4-6,12,17H,7-10H2,1-3H3. The van der Waals surface area contributed by atoms with Gasteiger partial charge in [0.15, 0.2) is 0 Å². The minimum absolute atomic E-state index is 0.229. The van der Waals surface area contributed by atoms with Gasteiger partial charge in [0.05, 0.1) is 5.69 Å². The fraction of sp³-hybridized carbons (Fsp3) is 0.600. The Hall–Kier alpha value is -1.14. The van der Waals surface area contributed by atoms with Crippen LogP contribution < -0.4 is 5.32 Å². The van der Waals surface area contributed by atoms with Crippen molar-refractivity contribution in [3.63, 3.8) is 0 Å². The highest BCUT2D eigenvalue weighted by atomic mass is 79.9. The summed E-state index contributed by atoms with van der Waals surface area (Å²) in [5, 5.41) is 3.44. The second-order valence-electron chi connectivity index (χ2n) is 6.24. The molecule has 0 aliphatic carbocycles. The Bertz CT molecular complexity index is 502. The zero-order valence-corrected chi connectivity index (χ0v) is 14.3. The zero-order valence-electron chi connectivity index (χ0n) is 12.7. The van der Waals surface area contributed by atoms with E-state index in [0.717, 1.165) is 23.3 Å². The largest absolute Gasteiger partial charge is 0.444 e. The number of ether oxygens (including phenoxy) is 1. The molecular weight excluding hydrogens is 334 g/mol. The lowest BCUT2D eigenvalue weighted by Gasteiger charge is -2.24. The number of amides is 1. The Morgan fingerprint density at radius 1 is 1.52 bits per heavy atom. The molecule has 0 spiro atoms. The lowest BCUT2D eigenvalue weighted by Crippen LogP contribution is -2.38. The van der Waals surface area contributed by atoms with Gasteiger partial charge in [0.25, 0.3) is 0 Å². The Morgan fingerprint density at radius 3 is 2.95 bits per heavy atom. The summed E-state index contributed by atoms with van der Waals surface area (Å²) in [5.41, 5.74) is 0.545. The number of halogens is 1. The van der Waals surface area contributed by atoms with Crippen LogP contribution >= 0.6 is 15.9 Å². The van der Waals surface area contributed by atoms with Crippen LogP contribution in [0.2, 0.25) is 0 Å². The summed E-state index contributed by atoms with van der Waals surface area (Å²) in [7, 11) is 0. The first-order chi connectivity index (χ1) is 9.83. The SMILES string of the molecule is CC(C)(C)OC(=O)N1CCC(NCc2cccc(Br)n2)C1. The Labute approximate surface area is 134 Å². The van der Waals surface area contributed by atoms with E-state index in [1.165, 1.54) is 0 Å². The molecule has 0 radical (unpaired) electrons. The van der Waals surface area contributed by atoms with Crippen LogP contribution in [0.3, 0.4) is 0 Å². The number of rotatable bonds is 3. The number of likely N-dealkylation sites (tertiary alicyclic amines) is 1. The average molecular weight is 356 g/mol. The minimum atomic E-state index is -0.442. The van der Waals surface area contributed by atoms with Crippen molar-refractivity contribution in [2.75, 3.05) is 13.1 Å². The molecule has 2 rings (SSSR count). The number of carbonyl (C=O) groups is 1. The maximum atomic E-state index is 12.0. The first kappa shape index (κ1) is 16.2. The second-order valence-corrected chi connectivity index (χ2v) is 7.06. The number of aromatic nitrogens is 1. The van der Waals surface area contributed by atoms with Gasteiger partial charge in [-0.2, -0.15) is 0 Å². The molecule has 1 N–H and O–H groups in total. The van der Waals surface area contributed by atoms with Crippen LogP contribution in [0, 0.1) is 0 Å². The van der Waals surface area contributed by atoms with E-state index in [9.17, 15) is 4.79 Å². The van der Waals surface area contributed by atoms with Crippen molar-refractivity contribution >= 4 is 22.0 Å². The van der Waals surface area contributed by atoms with E-state index in [-0.39, 0.29) is 6.09 Å². The Morgan fingerprint density at radius 2 is 2.29 bits per heavy atom. The summed E-state index contributed by atoms with van der Waals surface area (Å²) < 4.78 is 6.23. The monoisotopic (exact) mass is 355 g/mol. The molecule has 1 aliphatic heterocycles. The zero-order chi connectivity index (χ0) is 15.5. The highest BCUT2D eigenvalue weighted by Gasteiger charge is 2.29. The minimum Gasteiger partial charge on any atom is -0.444 e. The van der Waals surface area contributed by atoms with Crippen LogP contribution in [0.15, 0.2) is 22.8 Å². The molecule has 1 aromatic rings. The average Bonchev–Trinajstić information content (AvgIpc) is 2.83. The van der Waals surface area contributed by atoms with Crippen LogP contribution in [0.25, 0.3) is 0 Å². The first-order valence-corrected chi connectivity index (χ1v) is 7.95. The van der Waals surface area contributed by atoms with Crippen molar-refractivity contribution in [1.29, 1.82) is 0 Å². The molecule has 2 heterocycles. The molecular formula is C15H22BrN3O2. The van der Waals surface area contributed by atoms with Gasteiger partial charge in [-0.25, -0.2) is 9.78 Å². The highest BCUT2D eigenvalue weighted by molar-refractivity contribution is 9.10. The fourth-order valence-electron chi connectivity index (χ4n) is 2.22. The molecule has 1 atom stereocenters. The topological polar surface area (TPSA) is 54.5 Å². The molecule has 1 unspecified atom stereocenters. The van der Waals surface area contributed by atoms with Gasteiger partial charge in [-0.3, -0.25) is 0 Å². The molecule has 1 saturated heterocycles. The molecule has 1 aromatic heterocycles. The Balaban J connectivity index is 1.79. The van der Waals surface area contributed by atoms with Gasteiger partial charge in [0, 0.05) is 25.7 Å². The van der Waals surface area contributed by atoms with Gasteiger partial charge in [0.1, 0.15) is 10.2 Å². The molecule has 0 aromatic carbocycles. The van der Waals surface area contributed by atoms with Gasteiger partial charge in [-0.05, 0) is 55.3 Å². The van der Waals surface area contributed by atoms with E-state index in [1.807, 2.05) is 39.0 Å². The quantitative estimate of drug-likeness (QED) is 0.847. The van der Waals surface area contributed by atoms with E-state index in [1.54, 1.807) is 4.90 Å². The fourth-order valence-corrected chi connectivity index (χ4v) is 2.60. The molecule has 1 fully saturated rings. The summed E-state index contributed by atoms with van der Waals surface area (Å²) in [4.78, 5) is 18.1. The van der Waals surface area contributed by atoms with Crippen molar-refractivity contribution in [3.05, 3.63) is 28.5 Å². The Kier molecular flexibility index (Phi) is 5.22. The number of hydrogen-bond donors (Lipinski definition) is 1. The summed E-state index contributed by atoms with van der Waals surface area (Å²) in [5.74, 6) is 0. The molecule has 6 heteroatoms. The van der Waals surface area contributed by atoms with Crippen LogP contribution in [0.4, 0.5) is 4.79 Å². The maximum absolute atomic E-state index is 12.0. The van der Waals surface area contributed by atoms with Gasteiger partial charge < -0.3 is 15.0 Å². The van der Waals surface area contributed by atoms with Gasteiger partial charge in [-0.15, -0.1) is 0 Å². The summed E-state index contributed by atoms with van der Waals surface area (Å²) in [6.45, 7) is 7.77. The summed E-state index contributed by atoms with van der Waals surface area (Å²) in [6, 6.07) is 6.15. The van der Waals surface area contributed by atoms with Crippen molar-refractivity contribution < 1.29 is 9.53 Å². The van der Waals surface area contributed by atoms with Crippen molar-refractivity contribution in [2.45, 2.75) is 45.4 Å². The smallest absolute Gasteiger partial charge is 0.410 e. The molecule has 21 heavy (non-hydrogen) atoms. The summed E-state index contributed by atoms with van der Waals surface area (Å²) in [6.07, 6.45) is 0.708. The number of pyridine rings is 1. The third-order valence-electron chi connectivity index (χ3n) is 3.18. The normalized spacial score (nSPS) is 18.9. The number of nitrogens with zero attached hydrogens (tertiary/aromatic N) is 2. The number of nitrogens with one attached hydrogen (secondary N) is 1. The van der Waals surface area contributed by atoms with E-state index >= 15 is 0 Å². The van der Waals surface area contributed by atoms with Crippen LogP contribution in [0.5, 0.6) is 0 Å². The molecule has 1 aliphatic rings. The number of hydrogen-bond acceptors (Lipinski definition) is 4. The maximum Gasteiger partial charge on any atom is 0.410 e. The molecule has 5 nitrogen and oxygen atoms in total. The van der Waals surface area contributed by atoms with E-state index < -0.39 is 5.60 Å². The predicted molar refractivity (Wildman–Crippen MR) is 85.0 cm³/mol. The van der Waals surface area contributed by atoms with Crippen molar-refractivity contribution in [1.82, 2.24) is 15.2 Å². The molecule has 0 saturated carbocycles. The third kappa shape index (κ3) is 5.28. The van der Waals surface area contributed by atoms with E-state index in [4.69, 9.17) is 4.74 Å². The molecule has 116 valence electrons. The van der Waals surface area contributed by atoms with Crippen molar-refractivity contribution in [2.24, 2.45) is 0 Å². The molecule has 0 bridgehead atoms. The predicted octanol–water partition coefficient (Wildman–Crippen LogP) is 2.94.